The Balaban J connectivity index is 2.68. The van der Waals surface area contributed by atoms with E-state index in [2.05, 4.69) is 35.1 Å². The quantitative estimate of drug-likeness (QED) is 0.848. The van der Waals surface area contributed by atoms with Crippen LogP contribution >= 0.6 is 15.9 Å². The highest BCUT2D eigenvalue weighted by atomic mass is 79.9. The minimum absolute atomic E-state index is 0.0105. The number of halogens is 1. The van der Waals surface area contributed by atoms with Gasteiger partial charge in [-0.1, -0.05) is 41.9 Å². The Morgan fingerprint density at radius 1 is 1.35 bits per heavy atom. The van der Waals surface area contributed by atoms with Crippen molar-refractivity contribution < 1.29 is 4.79 Å². The second kappa shape index (κ2) is 6.20. The van der Waals surface area contributed by atoms with E-state index in [0.717, 1.165) is 16.7 Å². The zero-order chi connectivity index (χ0) is 13.0. The van der Waals surface area contributed by atoms with Crippen LogP contribution in [0.2, 0.25) is 0 Å². The lowest BCUT2D eigenvalue weighted by molar-refractivity contribution is 0.0952. The van der Waals surface area contributed by atoms with Crippen molar-refractivity contribution in [1.82, 2.24) is 5.32 Å². The first-order chi connectivity index (χ1) is 7.93. The maximum absolute atomic E-state index is 12.0. The number of alkyl halides is 1. The first-order valence-electron chi connectivity index (χ1n) is 5.92. The molecule has 1 atom stereocenters. The molecule has 1 aromatic carbocycles. The normalized spacial score (nSPS) is 12.6. The summed E-state index contributed by atoms with van der Waals surface area (Å²) in [4.78, 5) is 12.3. The van der Waals surface area contributed by atoms with Crippen LogP contribution in [-0.2, 0) is 0 Å². The maximum Gasteiger partial charge on any atom is 0.251 e. The van der Waals surface area contributed by atoms with Gasteiger partial charge in [0.2, 0.25) is 0 Å². The van der Waals surface area contributed by atoms with Gasteiger partial charge in [0.05, 0.1) is 0 Å². The molecule has 0 saturated carbocycles. The van der Waals surface area contributed by atoms with E-state index in [-0.39, 0.29) is 5.91 Å². The van der Waals surface area contributed by atoms with Crippen molar-refractivity contribution in [3.63, 3.8) is 0 Å². The second-order valence-corrected chi connectivity index (χ2v) is 5.89. The van der Waals surface area contributed by atoms with Crippen molar-refractivity contribution in [2.45, 2.75) is 32.5 Å². The summed E-state index contributed by atoms with van der Waals surface area (Å²) in [7, 11) is 0. The summed E-state index contributed by atoms with van der Waals surface area (Å²) in [6, 6.07) is 5.81. The molecule has 0 aromatic heterocycles. The van der Waals surface area contributed by atoms with E-state index in [1.54, 1.807) is 0 Å². The molecule has 0 aliphatic rings. The standard InChI is InChI=1S/C14H20BrNO/c1-9(2)13(15)8-16-14(17)12-7-5-6-10(3)11(12)4/h5-7,9,13H,8H2,1-4H3,(H,16,17). The Hall–Kier alpha value is -0.830. The van der Waals surface area contributed by atoms with Gasteiger partial charge in [-0.15, -0.1) is 0 Å². The number of hydrogen-bond donors (Lipinski definition) is 1. The van der Waals surface area contributed by atoms with E-state index >= 15 is 0 Å². The summed E-state index contributed by atoms with van der Waals surface area (Å²) in [5.41, 5.74) is 2.98. The topological polar surface area (TPSA) is 29.1 Å². The van der Waals surface area contributed by atoms with Crippen molar-refractivity contribution in [3.8, 4) is 0 Å². The molecule has 0 heterocycles. The van der Waals surface area contributed by atoms with E-state index in [0.29, 0.717) is 17.3 Å². The van der Waals surface area contributed by atoms with Gasteiger partial charge in [-0.3, -0.25) is 4.79 Å². The summed E-state index contributed by atoms with van der Waals surface area (Å²) >= 11 is 3.56. The first-order valence-corrected chi connectivity index (χ1v) is 6.83. The Kier molecular flexibility index (Phi) is 5.19. The summed E-state index contributed by atoms with van der Waals surface area (Å²) in [5.74, 6) is 0.519. The molecule has 0 fully saturated rings. The molecule has 0 radical (unpaired) electrons. The van der Waals surface area contributed by atoms with Crippen LogP contribution in [0.25, 0.3) is 0 Å². The number of aryl methyl sites for hydroxylation is 1. The smallest absolute Gasteiger partial charge is 0.251 e. The molecule has 0 spiro atoms. The number of amides is 1. The average Bonchev–Trinajstić information content (AvgIpc) is 2.29. The zero-order valence-electron chi connectivity index (χ0n) is 10.9. The molecule has 0 saturated heterocycles. The molecule has 0 aliphatic carbocycles. The number of hydrogen-bond acceptors (Lipinski definition) is 1. The fraction of sp³-hybridized carbons (Fsp3) is 0.500. The predicted octanol–water partition coefficient (Wildman–Crippen LogP) is 3.45. The van der Waals surface area contributed by atoms with Gasteiger partial charge in [0.15, 0.2) is 0 Å². The van der Waals surface area contributed by atoms with Crippen LogP contribution in [0.5, 0.6) is 0 Å². The highest BCUT2D eigenvalue weighted by molar-refractivity contribution is 9.09. The SMILES string of the molecule is Cc1cccc(C(=O)NCC(Br)C(C)C)c1C. The van der Waals surface area contributed by atoms with Crippen LogP contribution in [0, 0.1) is 19.8 Å². The fourth-order valence-corrected chi connectivity index (χ4v) is 1.68. The molecule has 17 heavy (non-hydrogen) atoms. The maximum atomic E-state index is 12.0. The van der Waals surface area contributed by atoms with Gasteiger partial charge in [0, 0.05) is 16.9 Å². The van der Waals surface area contributed by atoms with Gasteiger partial charge in [-0.2, -0.15) is 0 Å². The predicted molar refractivity (Wildman–Crippen MR) is 75.8 cm³/mol. The van der Waals surface area contributed by atoms with Crippen LogP contribution < -0.4 is 5.32 Å². The van der Waals surface area contributed by atoms with Crippen LogP contribution in [0.1, 0.15) is 35.3 Å². The van der Waals surface area contributed by atoms with Gasteiger partial charge in [0.1, 0.15) is 0 Å². The summed E-state index contributed by atoms with van der Waals surface area (Å²) in [6.07, 6.45) is 0. The summed E-state index contributed by atoms with van der Waals surface area (Å²) < 4.78 is 0. The van der Waals surface area contributed by atoms with Crippen molar-refractivity contribution in [2.24, 2.45) is 5.92 Å². The van der Waals surface area contributed by atoms with Crippen LogP contribution in [0.3, 0.4) is 0 Å². The Bertz CT molecular complexity index is 401. The van der Waals surface area contributed by atoms with E-state index in [9.17, 15) is 4.79 Å². The van der Waals surface area contributed by atoms with Crippen LogP contribution in [0.15, 0.2) is 18.2 Å². The van der Waals surface area contributed by atoms with Crippen molar-refractivity contribution in [3.05, 3.63) is 34.9 Å². The lowest BCUT2D eigenvalue weighted by Crippen LogP contribution is -2.32. The molecule has 2 nitrogen and oxygen atoms in total. The fourth-order valence-electron chi connectivity index (χ4n) is 1.52. The van der Waals surface area contributed by atoms with Crippen LogP contribution in [-0.4, -0.2) is 17.3 Å². The first kappa shape index (κ1) is 14.2. The second-order valence-electron chi connectivity index (χ2n) is 4.72. The van der Waals surface area contributed by atoms with Crippen molar-refractivity contribution in [2.75, 3.05) is 6.54 Å². The summed E-state index contributed by atoms with van der Waals surface area (Å²) in [5, 5.41) is 2.96. The zero-order valence-corrected chi connectivity index (χ0v) is 12.5. The number of carbonyl (C=O) groups is 1. The lowest BCUT2D eigenvalue weighted by Gasteiger charge is -2.15. The molecule has 3 heteroatoms. The van der Waals surface area contributed by atoms with Gasteiger partial charge in [0.25, 0.3) is 5.91 Å². The molecular weight excluding hydrogens is 278 g/mol. The highest BCUT2D eigenvalue weighted by Crippen LogP contribution is 2.14. The average molecular weight is 298 g/mol. The Labute approximate surface area is 112 Å². The number of rotatable bonds is 4. The highest BCUT2D eigenvalue weighted by Gasteiger charge is 2.13. The van der Waals surface area contributed by atoms with Gasteiger partial charge in [-0.25, -0.2) is 0 Å². The largest absolute Gasteiger partial charge is 0.351 e. The van der Waals surface area contributed by atoms with E-state index in [1.807, 2.05) is 32.0 Å². The molecule has 1 unspecified atom stereocenters. The summed E-state index contributed by atoms with van der Waals surface area (Å²) in [6.45, 7) is 8.92. The molecule has 94 valence electrons. The molecular formula is C14H20BrNO. The molecule has 1 aromatic rings. The number of carbonyl (C=O) groups excluding carboxylic acids is 1. The minimum atomic E-state index is 0.0105. The van der Waals surface area contributed by atoms with Gasteiger partial charge >= 0.3 is 0 Å². The molecule has 1 rings (SSSR count). The number of nitrogens with one attached hydrogen (secondary N) is 1. The molecule has 0 bridgehead atoms. The Morgan fingerprint density at radius 2 is 2.00 bits per heavy atom. The van der Waals surface area contributed by atoms with E-state index in [1.165, 1.54) is 0 Å². The van der Waals surface area contributed by atoms with Crippen LogP contribution in [0.4, 0.5) is 0 Å². The third-order valence-corrected chi connectivity index (χ3v) is 4.41. The molecule has 1 amide bonds. The minimum Gasteiger partial charge on any atom is -0.351 e. The van der Waals surface area contributed by atoms with Crippen molar-refractivity contribution >= 4 is 21.8 Å². The monoisotopic (exact) mass is 297 g/mol. The number of benzene rings is 1. The van der Waals surface area contributed by atoms with E-state index < -0.39 is 0 Å². The third-order valence-electron chi connectivity index (χ3n) is 3.03. The molecule has 1 N–H and O–H groups in total. The third kappa shape index (κ3) is 3.84. The van der Waals surface area contributed by atoms with Gasteiger partial charge in [-0.05, 0) is 37.0 Å². The van der Waals surface area contributed by atoms with Gasteiger partial charge < -0.3 is 5.32 Å². The Morgan fingerprint density at radius 3 is 2.59 bits per heavy atom. The van der Waals surface area contributed by atoms with E-state index in [4.69, 9.17) is 0 Å². The molecule has 0 aliphatic heterocycles. The van der Waals surface area contributed by atoms with Crippen molar-refractivity contribution in [1.29, 1.82) is 0 Å². The lowest BCUT2D eigenvalue weighted by atomic mass is 10.0.